The average Bonchev–Trinajstić information content (AvgIpc) is 2.37. The summed E-state index contributed by atoms with van der Waals surface area (Å²) >= 11 is 0. The van der Waals surface area contributed by atoms with Gasteiger partial charge in [0.25, 0.3) is 5.91 Å². The third kappa shape index (κ3) is 3.57. The minimum Gasteiger partial charge on any atom is -0.398 e. The van der Waals surface area contributed by atoms with Crippen LogP contribution in [0.2, 0.25) is 0 Å². The number of halogens is 1. The van der Waals surface area contributed by atoms with Crippen LogP contribution < -0.4 is 11.1 Å². The zero-order valence-electron chi connectivity index (χ0n) is 11.1. The number of hydrogen-bond acceptors (Lipinski definition) is 4. The zero-order valence-corrected chi connectivity index (χ0v) is 11.9. The normalized spacial score (nSPS) is 11.1. The summed E-state index contributed by atoms with van der Waals surface area (Å²) in [5.74, 6) is -1.08. The van der Waals surface area contributed by atoms with E-state index < -0.39 is 21.6 Å². The molecule has 2 aromatic carbocycles. The lowest BCUT2D eigenvalue weighted by Gasteiger charge is -2.08. The fourth-order valence-corrected chi connectivity index (χ4v) is 2.41. The summed E-state index contributed by atoms with van der Waals surface area (Å²) in [5, 5.41) is 2.53. The van der Waals surface area contributed by atoms with E-state index in [9.17, 15) is 17.6 Å². The Morgan fingerprint density at radius 2 is 1.90 bits per heavy atom. The van der Waals surface area contributed by atoms with Crippen LogP contribution in [-0.2, 0) is 9.84 Å². The number of nitrogens with two attached hydrogens (primary N) is 1. The standard InChI is InChI=1S/C14H13FN2O3S/c1-21(19,20)11-4-2-3-10(8-11)17-14(18)12-6-5-9(15)7-13(12)16/h2-8H,16H2,1H3,(H,17,18). The molecule has 0 aromatic heterocycles. The maximum absolute atomic E-state index is 12.9. The van der Waals surface area contributed by atoms with E-state index in [4.69, 9.17) is 5.73 Å². The maximum atomic E-state index is 12.9. The molecule has 5 nitrogen and oxygen atoms in total. The van der Waals surface area contributed by atoms with Crippen LogP contribution >= 0.6 is 0 Å². The number of nitrogens with one attached hydrogen (secondary N) is 1. The first-order chi connectivity index (χ1) is 9.77. The summed E-state index contributed by atoms with van der Waals surface area (Å²) in [6.07, 6.45) is 1.08. The van der Waals surface area contributed by atoms with Gasteiger partial charge in [0.1, 0.15) is 5.82 Å². The van der Waals surface area contributed by atoms with Gasteiger partial charge >= 0.3 is 0 Å². The monoisotopic (exact) mass is 308 g/mol. The molecule has 1 amide bonds. The highest BCUT2D eigenvalue weighted by atomic mass is 32.2. The van der Waals surface area contributed by atoms with Gasteiger partial charge in [-0.05, 0) is 36.4 Å². The molecule has 0 aliphatic carbocycles. The molecule has 0 radical (unpaired) electrons. The molecule has 7 heteroatoms. The van der Waals surface area contributed by atoms with Crippen LogP contribution in [0.4, 0.5) is 15.8 Å². The van der Waals surface area contributed by atoms with Crippen LogP contribution in [0.25, 0.3) is 0 Å². The smallest absolute Gasteiger partial charge is 0.257 e. The van der Waals surface area contributed by atoms with Crippen LogP contribution in [-0.4, -0.2) is 20.6 Å². The molecule has 0 fully saturated rings. The second-order valence-electron chi connectivity index (χ2n) is 4.49. The highest BCUT2D eigenvalue weighted by Crippen LogP contribution is 2.18. The molecule has 0 heterocycles. The first kappa shape index (κ1) is 15.0. The Labute approximate surface area is 121 Å². The number of sulfone groups is 1. The van der Waals surface area contributed by atoms with Crippen molar-refractivity contribution in [3.05, 3.63) is 53.8 Å². The maximum Gasteiger partial charge on any atom is 0.257 e. The molecule has 0 saturated carbocycles. The minimum atomic E-state index is -3.37. The van der Waals surface area contributed by atoms with Gasteiger partial charge in [0.2, 0.25) is 0 Å². The van der Waals surface area contributed by atoms with Crippen molar-refractivity contribution < 1.29 is 17.6 Å². The lowest BCUT2D eigenvalue weighted by atomic mass is 10.1. The predicted molar refractivity (Wildman–Crippen MR) is 78.3 cm³/mol. The van der Waals surface area contributed by atoms with Gasteiger partial charge in [-0.3, -0.25) is 4.79 Å². The summed E-state index contributed by atoms with van der Waals surface area (Å²) in [6, 6.07) is 9.26. The van der Waals surface area contributed by atoms with E-state index in [0.29, 0.717) is 5.69 Å². The van der Waals surface area contributed by atoms with Crippen molar-refractivity contribution in [3.63, 3.8) is 0 Å². The van der Waals surface area contributed by atoms with E-state index in [1.165, 1.54) is 24.3 Å². The van der Waals surface area contributed by atoms with Crippen molar-refractivity contribution in [1.82, 2.24) is 0 Å². The highest BCUT2D eigenvalue weighted by Gasteiger charge is 2.12. The number of benzene rings is 2. The zero-order chi connectivity index (χ0) is 15.6. The molecule has 0 unspecified atom stereocenters. The summed E-state index contributed by atoms with van der Waals surface area (Å²) in [5.41, 5.74) is 6.01. The number of anilines is 2. The number of carbonyl (C=O) groups is 1. The van der Waals surface area contributed by atoms with E-state index in [-0.39, 0.29) is 16.1 Å². The molecule has 110 valence electrons. The Morgan fingerprint density at radius 3 is 2.52 bits per heavy atom. The largest absolute Gasteiger partial charge is 0.398 e. The molecule has 21 heavy (non-hydrogen) atoms. The lowest BCUT2D eigenvalue weighted by molar-refractivity contribution is 0.102. The molecule has 2 rings (SSSR count). The molecule has 0 aliphatic rings. The molecular formula is C14H13FN2O3S. The molecule has 0 aliphatic heterocycles. The van der Waals surface area contributed by atoms with Crippen molar-refractivity contribution in [2.45, 2.75) is 4.90 Å². The second kappa shape index (κ2) is 5.53. The number of rotatable bonds is 3. The Morgan fingerprint density at radius 1 is 1.19 bits per heavy atom. The van der Waals surface area contributed by atoms with E-state index in [2.05, 4.69) is 5.32 Å². The van der Waals surface area contributed by atoms with Gasteiger partial charge in [0, 0.05) is 17.6 Å². The van der Waals surface area contributed by atoms with Crippen molar-refractivity contribution in [2.75, 3.05) is 17.3 Å². The Balaban J connectivity index is 2.28. The third-order valence-electron chi connectivity index (χ3n) is 2.78. The summed E-state index contributed by atoms with van der Waals surface area (Å²) in [6.45, 7) is 0. The Hall–Kier alpha value is -2.41. The SMILES string of the molecule is CS(=O)(=O)c1cccc(NC(=O)c2ccc(F)cc2N)c1. The molecule has 0 spiro atoms. The molecule has 0 saturated heterocycles. The number of amides is 1. The van der Waals surface area contributed by atoms with E-state index in [1.807, 2.05) is 0 Å². The molecule has 0 atom stereocenters. The van der Waals surface area contributed by atoms with Crippen LogP contribution in [0, 0.1) is 5.82 Å². The fraction of sp³-hybridized carbons (Fsp3) is 0.0714. The first-order valence-corrected chi connectivity index (χ1v) is 7.83. The van der Waals surface area contributed by atoms with Crippen LogP contribution in [0.5, 0.6) is 0 Å². The highest BCUT2D eigenvalue weighted by molar-refractivity contribution is 7.90. The minimum absolute atomic E-state index is 0.00627. The van der Waals surface area contributed by atoms with Gasteiger partial charge in [-0.25, -0.2) is 12.8 Å². The van der Waals surface area contributed by atoms with Crippen LogP contribution in [0.15, 0.2) is 47.4 Å². The van der Waals surface area contributed by atoms with Crippen LogP contribution in [0.3, 0.4) is 0 Å². The van der Waals surface area contributed by atoms with E-state index in [0.717, 1.165) is 18.4 Å². The van der Waals surface area contributed by atoms with Crippen molar-refractivity contribution in [2.24, 2.45) is 0 Å². The van der Waals surface area contributed by atoms with Gasteiger partial charge in [-0.15, -0.1) is 0 Å². The van der Waals surface area contributed by atoms with Gasteiger partial charge in [-0.1, -0.05) is 6.07 Å². The van der Waals surface area contributed by atoms with Crippen LogP contribution in [0.1, 0.15) is 10.4 Å². The summed E-state index contributed by atoms with van der Waals surface area (Å²) < 4.78 is 35.9. The van der Waals surface area contributed by atoms with E-state index in [1.54, 1.807) is 6.07 Å². The van der Waals surface area contributed by atoms with Gasteiger partial charge < -0.3 is 11.1 Å². The fourth-order valence-electron chi connectivity index (χ4n) is 1.74. The number of carbonyl (C=O) groups excluding carboxylic acids is 1. The van der Waals surface area contributed by atoms with Crippen molar-refractivity contribution in [1.29, 1.82) is 0 Å². The average molecular weight is 308 g/mol. The molecule has 3 N–H and O–H groups in total. The van der Waals surface area contributed by atoms with Crippen molar-refractivity contribution >= 4 is 27.1 Å². The third-order valence-corrected chi connectivity index (χ3v) is 3.89. The number of nitrogen functional groups attached to an aromatic ring is 1. The van der Waals surface area contributed by atoms with Gasteiger partial charge in [-0.2, -0.15) is 0 Å². The van der Waals surface area contributed by atoms with Gasteiger partial charge in [0.15, 0.2) is 9.84 Å². The number of hydrogen-bond donors (Lipinski definition) is 2. The Bertz CT molecular complexity index is 804. The molecular weight excluding hydrogens is 295 g/mol. The van der Waals surface area contributed by atoms with E-state index >= 15 is 0 Å². The first-order valence-electron chi connectivity index (χ1n) is 5.94. The summed E-state index contributed by atoms with van der Waals surface area (Å²) in [7, 11) is -3.37. The lowest BCUT2D eigenvalue weighted by Crippen LogP contribution is -2.14. The quantitative estimate of drug-likeness (QED) is 0.849. The second-order valence-corrected chi connectivity index (χ2v) is 6.50. The summed E-state index contributed by atoms with van der Waals surface area (Å²) in [4.78, 5) is 12.1. The molecule has 0 bridgehead atoms. The topological polar surface area (TPSA) is 89.3 Å². The molecule has 2 aromatic rings. The Kier molecular flexibility index (Phi) is 3.95. The van der Waals surface area contributed by atoms with Gasteiger partial charge in [0.05, 0.1) is 10.5 Å². The predicted octanol–water partition coefficient (Wildman–Crippen LogP) is 2.06. The van der Waals surface area contributed by atoms with Crippen molar-refractivity contribution in [3.8, 4) is 0 Å².